The topological polar surface area (TPSA) is 79.5 Å². The van der Waals surface area contributed by atoms with Gasteiger partial charge >= 0.3 is 5.97 Å². The maximum Gasteiger partial charge on any atom is 0.310 e. The van der Waals surface area contributed by atoms with Gasteiger partial charge in [-0.05, 0) is 26.7 Å². The van der Waals surface area contributed by atoms with Gasteiger partial charge in [-0.2, -0.15) is 0 Å². The highest BCUT2D eigenvalue weighted by molar-refractivity contribution is 5.94. The number of nitrogens with one attached hydrogen (secondary N) is 1. The first-order valence-electron chi connectivity index (χ1n) is 7.18. The first-order valence-corrected chi connectivity index (χ1v) is 7.18. The Morgan fingerprint density at radius 2 is 2.24 bits per heavy atom. The van der Waals surface area contributed by atoms with E-state index in [9.17, 15) is 14.4 Å². The SMILES string of the molecule is CCOC(=O)[C@@H]1CCCN(C(=O)c2c[nH]c(C)cc2=O)C1. The van der Waals surface area contributed by atoms with Gasteiger partial charge in [-0.15, -0.1) is 0 Å². The first kappa shape index (κ1) is 15.3. The van der Waals surface area contributed by atoms with Gasteiger partial charge in [-0.1, -0.05) is 0 Å². The number of H-pyrrole nitrogens is 1. The Bertz CT molecular complexity index is 594. The average Bonchev–Trinajstić information content (AvgIpc) is 2.47. The van der Waals surface area contributed by atoms with Crippen molar-refractivity contribution in [2.45, 2.75) is 26.7 Å². The molecule has 1 fully saturated rings. The summed E-state index contributed by atoms with van der Waals surface area (Å²) in [6.45, 7) is 4.72. The van der Waals surface area contributed by atoms with E-state index < -0.39 is 0 Å². The number of esters is 1. The van der Waals surface area contributed by atoms with Crippen LogP contribution in [-0.2, 0) is 9.53 Å². The molecule has 2 heterocycles. The predicted molar refractivity (Wildman–Crippen MR) is 77.1 cm³/mol. The molecule has 1 amide bonds. The highest BCUT2D eigenvalue weighted by atomic mass is 16.5. The molecule has 0 aromatic carbocycles. The number of carbonyl (C=O) groups excluding carboxylic acids is 2. The number of rotatable bonds is 3. The van der Waals surface area contributed by atoms with Crippen molar-refractivity contribution >= 4 is 11.9 Å². The molecule has 0 radical (unpaired) electrons. The van der Waals surface area contributed by atoms with Gasteiger partial charge in [0.2, 0.25) is 0 Å². The number of likely N-dealkylation sites (tertiary alicyclic amines) is 1. The lowest BCUT2D eigenvalue weighted by molar-refractivity contribution is -0.149. The fourth-order valence-corrected chi connectivity index (χ4v) is 2.52. The third kappa shape index (κ3) is 3.51. The Morgan fingerprint density at radius 1 is 1.48 bits per heavy atom. The number of carbonyl (C=O) groups is 2. The molecule has 1 atom stereocenters. The normalized spacial score (nSPS) is 18.4. The molecule has 2 rings (SSSR count). The molecule has 0 saturated carbocycles. The first-order chi connectivity index (χ1) is 10.0. The second-order valence-corrected chi connectivity index (χ2v) is 5.24. The number of amides is 1. The van der Waals surface area contributed by atoms with E-state index in [1.54, 1.807) is 18.7 Å². The van der Waals surface area contributed by atoms with Crippen LogP contribution in [0.25, 0.3) is 0 Å². The summed E-state index contributed by atoms with van der Waals surface area (Å²) in [6.07, 6.45) is 2.89. The largest absolute Gasteiger partial charge is 0.466 e. The molecule has 0 aliphatic carbocycles. The summed E-state index contributed by atoms with van der Waals surface area (Å²) in [5.74, 6) is -0.898. The number of ether oxygens (including phenoxy) is 1. The van der Waals surface area contributed by atoms with Crippen LogP contribution >= 0.6 is 0 Å². The number of pyridine rings is 1. The van der Waals surface area contributed by atoms with Crippen LogP contribution in [0.1, 0.15) is 35.8 Å². The summed E-state index contributed by atoms with van der Waals surface area (Å²) in [5, 5.41) is 0. The van der Waals surface area contributed by atoms with Crippen molar-refractivity contribution in [3.8, 4) is 0 Å². The van der Waals surface area contributed by atoms with Crippen LogP contribution in [-0.4, -0.2) is 41.5 Å². The zero-order chi connectivity index (χ0) is 15.4. The molecule has 6 heteroatoms. The molecule has 1 aromatic rings. The summed E-state index contributed by atoms with van der Waals surface area (Å²) in [4.78, 5) is 40.5. The van der Waals surface area contributed by atoms with Gasteiger partial charge in [0, 0.05) is 31.0 Å². The molecule has 0 spiro atoms. The second kappa shape index (κ2) is 6.56. The standard InChI is InChI=1S/C15H20N2O4/c1-3-21-15(20)11-5-4-6-17(9-11)14(19)12-8-16-10(2)7-13(12)18/h7-8,11H,3-6,9H2,1-2H3,(H,16,18)/t11-/m1/s1. The van der Waals surface area contributed by atoms with E-state index in [4.69, 9.17) is 4.74 Å². The third-order valence-electron chi connectivity index (χ3n) is 3.62. The van der Waals surface area contributed by atoms with E-state index in [-0.39, 0.29) is 28.8 Å². The molecule has 1 N–H and O–H groups in total. The highest BCUT2D eigenvalue weighted by Crippen LogP contribution is 2.19. The number of aryl methyl sites for hydroxylation is 1. The van der Waals surface area contributed by atoms with Gasteiger partial charge in [-0.3, -0.25) is 14.4 Å². The predicted octanol–water partition coefficient (Wildman–Crippen LogP) is 1.10. The fourth-order valence-electron chi connectivity index (χ4n) is 2.52. The van der Waals surface area contributed by atoms with Crippen molar-refractivity contribution < 1.29 is 14.3 Å². The molecule has 6 nitrogen and oxygen atoms in total. The zero-order valence-electron chi connectivity index (χ0n) is 12.3. The Hall–Kier alpha value is -2.11. The Kier molecular flexibility index (Phi) is 4.77. The van der Waals surface area contributed by atoms with Crippen molar-refractivity contribution in [3.63, 3.8) is 0 Å². The molecule has 0 bridgehead atoms. The Balaban J connectivity index is 2.12. The van der Waals surface area contributed by atoms with E-state index in [2.05, 4.69) is 4.98 Å². The summed E-state index contributed by atoms with van der Waals surface area (Å²) in [6, 6.07) is 1.40. The number of hydrogen-bond acceptors (Lipinski definition) is 4. The highest BCUT2D eigenvalue weighted by Gasteiger charge is 2.30. The van der Waals surface area contributed by atoms with Crippen molar-refractivity contribution in [1.82, 2.24) is 9.88 Å². The minimum atomic E-state index is -0.328. The minimum Gasteiger partial charge on any atom is -0.466 e. The van der Waals surface area contributed by atoms with Crippen LogP contribution in [0.2, 0.25) is 0 Å². The number of aromatic nitrogens is 1. The molecule has 1 saturated heterocycles. The number of nitrogens with zero attached hydrogens (tertiary/aromatic N) is 1. The van der Waals surface area contributed by atoms with Gasteiger partial charge in [-0.25, -0.2) is 0 Å². The van der Waals surface area contributed by atoms with E-state index in [0.717, 1.165) is 6.42 Å². The molecule has 114 valence electrons. The van der Waals surface area contributed by atoms with Gasteiger partial charge < -0.3 is 14.6 Å². The molecule has 1 aromatic heterocycles. The van der Waals surface area contributed by atoms with Crippen LogP contribution in [0.15, 0.2) is 17.1 Å². The van der Waals surface area contributed by atoms with Gasteiger partial charge in [0.15, 0.2) is 5.43 Å². The Morgan fingerprint density at radius 3 is 2.90 bits per heavy atom. The molecular weight excluding hydrogens is 272 g/mol. The third-order valence-corrected chi connectivity index (χ3v) is 3.62. The summed E-state index contributed by atoms with van der Waals surface area (Å²) in [5.41, 5.74) is 0.527. The van der Waals surface area contributed by atoms with Crippen molar-refractivity contribution in [2.75, 3.05) is 19.7 Å². The van der Waals surface area contributed by atoms with Gasteiger partial charge in [0.25, 0.3) is 5.91 Å². The van der Waals surface area contributed by atoms with E-state index in [0.29, 0.717) is 31.8 Å². The van der Waals surface area contributed by atoms with Crippen LogP contribution in [0.5, 0.6) is 0 Å². The van der Waals surface area contributed by atoms with E-state index >= 15 is 0 Å². The van der Waals surface area contributed by atoms with E-state index in [1.165, 1.54) is 12.3 Å². The maximum absolute atomic E-state index is 12.4. The van der Waals surface area contributed by atoms with Crippen molar-refractivity contribution in [2.24, 2.45) is 5.92 Å². The molecule has 21 heavy (non-hydrogen) atoms. The zero-order valence-corrected chi connectivity index (χ0v) is 12.3. The van der Waals surface area contributed by atoms with Crippen LogP contribution in [0.3, 0.4) is 0 Å². The second-order valence-electron chi connectivity index (χ2n) is 5.24. The average molecular weight is 292 g/mol. The minimum absolute atomic E-state index is 0.116. The molecular formula is C15H20N2O4. The van der Waals surface area contributed by atoms with E-state index in [1.807, 2.05) is 0 Å². The summed E-state index contributed by atoms with van der Waals surface area (Å²) in [7, 11) is 0. The summed E-state index contributed by atoms with van der Waals surface area (Å²) < 4.78 is 5.01. The summed E-state index contributed by atoms with van der Waals surface area (Å²) >= 11 is 0. The Labute approximate surface area is 123 Å². The molecule has 1 aliphatic rings. The molecule has 0 unspecified atom stereocenters. The van der Waals surface area contributed by atoms with Crippen LogP contribution in [0.4, 0.5) is 0 Å². The smallest absolute Gasteiger partial charge is 0.310 e. The molecule has 1 aliphatic heterocycles. The monoisotopic (exact) mass is 292 g/mol. The number of hydrogen-bond donors (Lipinski definition) is 1. The fraction of sp³-hybridized carbons (Fsp3) is 0.533. The van der Waals surface area contributed by atoms with Crippen molar-refractivity contribution in [3.05, 3.63) is 33.7 Å². The number of piperidine rings is 1. The van der Waals surface area contributed by atoms with Crippen LogP contribution in [0, 0.1) is 12.8 Å². The van der Waals surface area contributed by atoms with Crippen LogP contribution < -0.4 is 5.43 Å². The number of aromatic amines is 1. The van der Waals surface area contributed by atoms with Crippen molar-refractivity contribution in [1.29, 1.82) is 0 Å². The lowest BCUT2D eigenvalue weighted by atomic mass is 9.97. The maximum atomic E-state index is 12.4. The lowest BCUT2D eigenvalue weighted by Gasteiger charge is -2.31. The quantitative estimate of drug-likeness (QED) is 0.846. The van der Waals surface area contributed by atoms with Gasteiger partial charge in [0.1, 0.15) is 5.56 Å². The van der Waals surface area contributed by atoms with Gasteiger partial charge in [0.05, 0.1) is 12.5 Å². The lowest BCUT2D eigenvalue weighted by Crippen LogP contribution is -2.44.